The van der Waals surface area contributed by atoms with Gasteiger partial charge in [-0.15, -0.1) is 0 Å². The van der Waals surface area contributed by atoms with Crippen molar-refractivity contribution in [3.8, 4) is 6.07 Å². The zero-order chi connectivity index (χ0) is 14.8. The molecule has 4 heteroatoms. The zero-order valence-electron chi connectivity index (χ0n) is 12.8. The van der Waals surface area contributed by atoms with Gasteiger partial charge in [0.05, 0.1) is 23.6 Å². The smallest absolute Gasteiger partial charge is 0.114 e. The SMILES string of the molecule is CC(C)n1c([C@@H]2CCCN(CC#N)C2)nc2ccccc21. The first-order valence-corrected chi connectivity index (χ1v) is 7.77. The summed E-state index contributed by atoms with van der Waals surface area (Å²) in [6.07, 6.45) is 2.31. The Labute approximate surface area is 126 Å². The second kappa shape index (κ2) is 5.87. The number of hydrogen-bond donors (Lipinski definition) is 0. The van der Waals surface area contributed by atoms with Crippen LogP contribution < -0.4 is 0 Å². The normalized spacial score (nSPS) is 20.0. The number of nitriles is 1. The Morgan fingerprint density at radius 2 is 2.19 bits per heavy atom. The Morgan fingerprint density at radius 1 is 1.38 bits per heavy atom. The first kappa shape index (κ1) is 14.1. The van der Waals surface area contributed by atoms with Crippen LogP contribution in [-0.2, 0) is 0 Å². The fourth-order valence-corrected chi connectivity index (χ4v) is 3.40. The van der Waals surface area contributed by atoms with Gasteiger partial charge in [0, 0.05) is 18.5 Å². The zero-order valence-corrected chi connectivity index (χ0v) is 12.8. The lowest BCUT2D eigenvalue weighted by Gasteiger charge is -2.31. The van der Waals surface area contributed by atoms with E-state index in [-0.39, 0.29) is 0 Å². The van der Waals surface area contributed by atoms with Crippen molar-refractivity contribution in [2.45, 2.75) is 38.6 Å². The van der Waals surface area contributed by atoms with Gasteiger partial charge in [-0.3, -0.25) is 4.90 Å². The topological polar surface area (TPSA) is 44.9 Å². The molecular formula is C17H22N4. The molecule has 0 amide bonds. The molecule has 0 aliphatic carbocycles. The number of nitrogens with zero attached hydrogens (tertiary/aromatic N) is 4. The molecule has 2 aromatic rings. The van der Waals surface area contributed by atoms with Gasteiger partial charge in [-0.2, -0.15) is 5.26 Å². The van der Waals surface area contributed by atoms with E-state index >= 15 is 0 Å². The van der Waals surface area contributed by atoms with Crippen LogP contribution in [0.3, 0.4) is 0 Å². The minimum atomic E-state index is 0.402. The van der Waals surface area contributed by atoms with Gasteiger partial charge in [-0.25, -0.2) is 4.98 Å². The highest BCUT2D eigenvalue weighted by atomic mass is 15.2. The molecule has 3 rings (SSSR count). The standard InChI is InChI=1S/C17H22N4/c1-13(2)21-16-8-4-3-7-15(16)19-17(21)14-6-5-10-20(12-14)11-9-18/h3-4,7-8,13-14H,5-6,10-12H2,1-2H3/t14-/m1/s1. The van der Waals surface area contributed by atoms with E-state index in [0.29, 0.717) is 18.5 Å². The summed E-state index contributed by atoms with van der Waals surface area (Å²) in [5.74, 6) is 1.62. The number of benzene rings is 1. The van der Waals surface area contributed by atoms with Crippen molar-refractivity contribution in [3.63, 3.8) is 0 Å². The number of likely N-dealkylation sites (tertiary alicyclic amines) is 1. The van der Waals surface area contributed by atoms with E-state index in [1.807, 2.05) is 6.07 Å². The molecule has 1 atom stereocenters. The highest BCUT2D eigenvalue weighted by Crippen LogP contribution is 2.31. The van der Waals surface area contributed by atoms with Crippen molar-refractivity contribution in [1.29, 1.82) is 5.26 Å². The molecule has 21 heavy (non-hydrogen) atoms. The van der Waals surface area contributed by atoms with Gasteiger partial charge in [-0.1, -0.05) is 12.1 Å². The highest BCUT2D eigenvalue weighted by Gasteiger charge is 2.26. The summed E-state index contributed by atoms with van der Waals surface area (Å²) in [6, 6.07) is 11.0. The van der Waals surface area contributed by atoms with Crippen molar-refractivity contribution in [3.05, 3.63) is 30.1 Å². The minimum absolute atomic E-state index is 0.402. The summed E-state index contributed by atoms with van der Waals surface area (Å²) in [5, 5.41) is 8.92. The summed E-state index contributed by atoms with van der Waals surface area (Å²) in [5.41, 5.74) is 2.30. The summed E-state index contributed by atoms with van der Waals surface area (Å²) in [4.78, 5) is 7.15. The van der Waals surface area contributed by atoms with Crippen LogP contribution in [0, 0.1) is 11.3 Å². The fraction of sp³-hybridized carbons (Fsp3) is 0.529. The fourth-order valence-electron chi connectivity index (χ4n) is 3.40. The van der Waals surface area contributed by atoms with Crippen molar-refractivity contribution in [2.24, 2.45) is 0 Å². The van der Waals surface area contributed by atoms with Crippen LogP contribution in [0.25, 0.3) is 11.0 Å². The first-order valence-electron chi connectivity index (χ1n) is 7.77. The molecule has 1 aliphatic heterocycles. The van der Waals surface area contributed by atoms with Gasteiger partial charge in [0.25, 0.3) is 0 Å². The molecule has 1 fully saturated rings. The summed E-state index contributed by atoms with van der Waals surface area (Å²) < 4.78 is 2.37. The van der Waals surface area contributed by atoms with E-state index in [1.165, 1.54) is 11.3 Å². The minimum Gasteiger partial charge on any atom is -0.325 e. The predicted molar refractivity (Wildman–Crippen MR) is 84.1 cm³/mol. The van der Waals surface area contributed by atoms with Crippen molar-refractivity contribution in [1.82, 2.24) is 14.5 Å². The molecule has 1 aromatic heterocycles. The third-order valence-corrected chi connectivity index (χ3v) is 4.30. The van der Waals surface area contributed by atoms with Crippen LogP contribution in [0.5, 0.6) is 0 Å². The third-order valence-electron chi connectivity index (χ3n) is 4.30. The van der Waals surface area contributed by atoms with Gasteiger partial charge < -0.3 is 4.57 Å². The lowest BCUT2D eigenvalue weighted by atomic mass is 9.97. The highest BCUT2D eigenvalue weighted by molar-refractivity contribution is 5.76. The molecule has 0 bridgehead atoms. The Balaban J connectivity index is 1.99. The Kier molecular flexibility index (Phi) is 3.94. The maximum atomic E-state index is 8.92. The first-order chi connectivity index (χ1) is 10.2. The number of piperidine rings is 1. The number of rotatable bonds is 3. The van der Waals surface area contributed by atoms with E-state index in [4.69, 9.17) is 10.2 Å². The molecular weight excluding hydrogens is 260 g/mol. The van der Waals surface area contributed by atoms with Gasteiger partial charge in [0.15, 0.2) is 0 Å². The van der Waals surface area contributed by atoms with Crippen LogP contribution in [0.1, 0.15) is 44.5 Å². The molecule has 0 unspecified atom stereocenters. The van der Waals surface area contributed by atoms with Crippen LogP contribution in [0.4, 0.5) is 0 Å². The number of imidazole rings is 1. The van der Waals surface area contributed by atoms with Crippen LogP contribution in [-0.4, -0.2) is 34.1 Å². The Morgan fingerprint density at radius 3 is 2.95 bits per heavy atom. The predicted octanol–water partition coefficient (Wildman–Crippen LogP) is 3.32. The molecule has 1 aromatic carbocycles. The lowest BCUT2D eigenvalue weighted by Crippen LogP contribution is -2.35. The Hall–Kier alpha value is -1.86. The number of fused-ring (bicyclic) bond motifs is 1. The number of para-hydroxylation sites is 2. The number of aromatic nitrogens is 2. The quantitative estimate of drug-likeness (QED) is 0.811. The monoisotopic (exact) mass is 282 g/mol. The van der Waals surface area contributed by atoms with E-state index < -0.39 is 0 Å². The van der Waals surface area contributed by atoms with Crippen molar-refractivity contribution >= 4 is 11.0 Å². The van der Waals surface area contributed by atoms with Crippen LogP contribution in [0.2, 0.25) is 0 Å². The average molecular weight is 282 g/mol. The maximum absolute atomic E-state index is 8.92. The summed E-state index contributed by atoms with van der Waals surface area (Å²) in [7, 11) is 0. The third kappa shape index (κ3) is 2.66. The van der Waals surface area contributed by atoms with Crippen LogP contribution >= 0.6 is 0 Å². The molecule has 4 nitrogen and oxygen atoms in total. The van der Waals surface area contributed by atoms with Crippen molar-refractivity contribution < 1.29 is 0 Å². The van der Waals surface area contributed by atoms with Crippen LogP contribution in [0.15, 0.2) is 24.3 Å². The summed E-state index contributed by atoms with van der Waals surface area (Å²) >= 11 is 0. The van der Waals surface area contributed by atoms with E-state index in [0.717, 1.165) is 31.4 Å². The lowest BCUT2D eigenvalue weighted by molar-refractivity contribution is 0.223. The van der Waals surface area contributed by atoms with Crippen molar-refractivity contribution in [2.75, 3.05) is 19.6 Å². The second-order valence-electron chi connectivity index (χ2n) is 6.15. The van der Waals surface area contributed by atoms with E-state index in [2.05, 4.69) is 47.6 Å². The molecule has 0 radical (unpaired) electrons. The molecule has 0 saturated carbocycles. The molecule has 110 valence electrons. The van der Waals surface area contributed by atoms with E-state index in [9.17, 15) is 0 Å². The molecule has 0 N–H and O–H groups in total. The maximum Gasteiger partial charge on any atom is 0.114 e. The van der Waals surface area contributed by atoms with Gasteiger partial charge >= 0.3 is 0 Å². The largest absolute Gasteiger partial charge is 0.325 e. The molecule has 1 saturated heterocycles. The van der Waals surface area contributed by atoms with Gasteiger partial charge in [0.1, 0.15) is 5.82 Å². The second-order valence-corrected chi connectivity index (χ2v) is 6.15. The average Bonchev–Trinajstić information content (AvgIpc) is 2.87. The Bertz CT molecular complexity index is 665. The van der Waals surface area contributed by atoms with Gasteiger partial charge in [0.2, 0.25) is 0 Å². The summed E-state index contributed by atoms with van der Waals surface area (Å²) in [6.45, 7) is 6.94. The number of hydrogen-bond acceptors (Lipinski definition) is 3. The van der Waals surface area contributed by atoms with E-state index in [1.54, 1.807) is 0 Å². The molecule has 0 spiro atoms. The molecule has 2 heterocycles. The molecule has 1 aliphatic rings. The van der Waals surface area contributed by atoms with Gasteiger partial charge in [-0.05, 0) is 45.4 Å².